The normalized spacial score (nSPS) is 15.3. The maximum atomic E-state index is 6.07. The van der Waals surface area contributed by atoms with E-state index in [1.54, 1.807) is 0 Å². The molecule has 4 nitrogen and oxygen atoms in total. The van der Waals surface area contributed by atoms with Crippen LogP contribution in [0.3, 0.4) is 0 Å². The Morgan fingerprint density at radius 1 is 1.27 bits per heavy atom. The van der Waals surface area contributed by atoms with E-state index >= 15 is 0 Å². The van der Waals surface area contributed by atoms with Gasteiger partial charge in [0.15, 0.2) is 5.11 Å². The summed E-state index contributed by atoms with van der Waals surface area (Å²) in [6, 6.07) is 8.05. The molecule has 0 radical (unpaired) electrons. The monoisotopic (exact) mass is 341 g/mol. The third-order valence-electron chi connectivity index (χ3n) is 3.87. The highest BCUT2D eigenvalue weighted by atomic mass is 35.5. The molecular weight excluding hydrogens is 316 g/mol. The van der Waals surface area contributed by atoms with Gasteiger partial charge < -0.3 is 20.0 Å². The fourth-order valence-electron chi connectivity index (χ4n) is 2.59. The van der Waals surface area contributed by atoms with Crippen LogP contribution in [0, 0.1) is 0 Å². The Morgan fingerprint density at radius 2 is 2.00 bits per heavy atom. The maximum absolute atomic E-state index is 6.07. The molecule has 1 aliphatic rings. The van der Waals surface area contributed by atoms with Crippen LogP contribution in [0.15, 0.2) is 24.3 Å². The predicted molar refractivity (Wildman–Crippen MR) is 98.1 cm³/mol. The van der Waals surface area contributed by atoms with E-state index in [0.29, 0.717) is 0 Å². The third-order valence-corrected chi connectivity index (χ3v) is 4.51. The number of hydrogen-bond acceptors (Lipinski definition) is 2. The second kappa shape index (κ2) is 8.56. The first-order valence-corrected chi connectivity index (χ1v) is 8.67. The van der Waals surface area contributed by atoms with Gasteiger partial charge >= 0.3 is 0 Å². The summed E-state index contributed by atoms with van der Waals surface area (Å²) in [5.74, 6) is 0. The van der Waals surface area contributed by atoms with Crippen LogP contribution in [-0.2, 0) is 0 Å². The van der Waals surface area contributed by atoms with Crippen LogP contribution >= 0.6 is 23.8 Å². The van der Waals surface area contributed by atoms with Gasteiger partial charge in [-0.15, -0.1) is 0 Å². The molecule has 0 aromatic heterocycles. The number of quaternary nitrogens is 1. The van der Waals surface area contributed by atoms with Crippen LogP contribution in [-0.4, -0.2) is 63.4 Å². The SMILES string of the molecule is C[NH+](C)CCCNC(=S)N1CCN(c2cccc(Cl)c2)CC1. The van der Waals surface area contributed by atoms with Crippen molar-refractivity contribution in [1.82, 2.24) is 10.2 Å². The Bertz CT molecular complexity index is 487. The van der Waals surface area contributed by atoms with E-state index in [4.69, 9.17) is 23.8 Å². The average Bonchev–Trinajstić information content (AvgIpc) is 2.51. The van der Waals surface area contributed by atoms with Crippen molar-refractivity contribution in [2.24, 2.45) is 0 Å². The van der Waals surface area contributed by atoms with E-state index in [9.17, 15) is 0 Å². The molecule has 1 heterocycles. The zero-order chi connectivity index (χ0) is 15.9. The summed E-state index contributed by atoms with van der Waals surface area (Å²) in [6.07, 6.45) is 1.14. The van der Waals surface area contributed by atoms with Crippen LogP contribution < -0.4 is 15.1 Å². The summed E-state index contributed by atoms with van der Waals surface area (Å²) >= 11 is 11.6. The minimum absolute atomic E-state index is 0.792. The van der Waals surface area contributed by atoms with Gasteiger partial charge in [0, 0.05) is 49.9 Å². The standard InChI is InChI=1S/C16H25ClN4S/c1-19(2)8-4-7-18-16(22)21-11-9-20(10-12-21)15-6-3-5-14(17)13-15/h3,5-6,13H,4,7-12H2,1-2H3,(H,18,22)/p+1. The number of nitrogens with zero attached hydrogens (tertiary/aromatic N) is 2. The molecule has 0 atom stereocenters. The lowest BCUT2D eigenvalue weighted by Gasteiger charge is -2.37. The molecule has 0 bridgehead atoms. The zero-order valence-corrected chi connectivity index (χ0v) is 15.0. The second-order valence-electron chi connectivity index (χ2n) is 6.00. The topological polar surface area (TPSA) is 23.0 Å². The van der Waals surface area contributed by atoms with Crippen molar-refractivity contribution >= 4 is 34.6 Å². The molecule has 1 aromatic carbocycles. The quantitative estimate of drug-likeness (QED) is 0.613. The van der Waals surface area contributed by atoms with Gasteiger partial charge in [-0.05, 0) is 30.4 Å². The van der Waals surface area contributed by atoms with E-state index in [-0.39, 0.29) is 0 Å². The summed E-state index contributed by atoms with van der Waals surface area (Å²) < 4.78 is 0. The molecular formula is C16H26ClN4S+. The van der Waals surface area contributed by atoms with E-state index in [2.05, 4.69) is 35.3 Å². The molecule has 2 rings (SSSR count). The van der Waals surface area contributed by atoms with Crippen molar-refractivity contribution in [3.63, 3.8) is 0 Å². The van der Waals surface area contributed by atoms with Crippen molar-refractivity contribution in [2.75, 3.05) is 58.3 Å². The molecule has 0 unspecified atom stereocenters. The number of benzene rings is 1. The fraction of sp³-hybridized carbons (Fsp3) is 0.562. The minimum Gasteiger partial charge on any atom is -0.368 e. The number of rotatable bonds is 5. The summed E-state index contributed by atoms with van der Waals surface area (Å²) in [5.41, 5.74) is 1.19. The molecule has 1 aliphatic heterocycles. The van der Waals surface area contributed by atoms with Gasteiger partial charge in [-0.3, -0.25) is 0 Å². The molecule has 1 saturated heterocycles. The van der Waals surface area contributed by atoms with Gasteiger partial charge in [0.05, 0.1) is 20.6 Å². The number of hydrogen-bond donors (Lipinski definition) is 2. The number of nitrogens with one attached hydrogen (secondary N) is 2. The first-order chi connectivity index (χ1) is 10.6. The average molecular weight is 342 g/mol. The lowest BCUT2D eigenvalue weighted by atomic mass is 10.2. The van der Waals surface area contributed by atoms with Crippen LogP contribution in [0.4, 0.5) is 5.69 Å². The molecule has 0 aliphatic carbocycles. The number of halogens is 1. The highest BCUT2D eigenvalue weighted by Gasteiger charge is 2.19. The van der Waals surface area contributed by atoms with Crippen LogP contribution in [0.25, 0.3) is 0 Å². The Hall–Kier alpha value is -1.04. The molecule has 122 valence electrons. The van der Waals surface area contributed by atoms with Crippen LogP contribution in [0.1, 0.15) is 6.42 Å². The molecule has 1 fully saturated rings. The number of thiocarbonyl (C=S) groups is 1. The first-order valence-electron chi connectivity index (χ1n) is 7.88. The van der Waals surface area contributed by atoms with Crippen molar-refractivity contribution < 1.29 is 4.90 Å². The lowest BCUT2D eigenvalue weighted by Crippen LogP contribution is -3.05. The summed E-state index contributed by atoms with van der Waals surface area (Å²) in [6.45, 7) is 5.99. The minimum atomic E-state index is 0.792. The second-order valence-corrected chi connectivity index (χ2v) is 6.82. The fourth-order valence-corrected chi connectivity index (χ4v) is 3.06. The highest BCUT2D eigenvalue weighted by Crippen LogP contribution is 2.20. The van der Waals surface area contributed by atoms with Crippen molar-refractivity contribution in [2.45, 2.75) is 6.42 Å². The summed E-state index contributed by atoms with van der Waals surface area (Å²) in [5, 5.41) is 5.06. The van der Waals surface area contributed by atoms with Crippen molar-refractivity contribution in [1.29, 1.82) is 0 Å². The van der Waals surface area contributed by atoms with Gasteiger partial charge in [-0.2, -0.15) is 0 Å². The highest BCUT2D eigenvalue weighted by molar-refractivity contribution is 7.80. The molecule has 1 aromatic rings. The Morgan fingerprint density at radius 3 is 2.64 bits per heavy atom. The Kier molecular flexibility index (Phi) is 6.73. The number of anilines is 1. The molecule has 0 spiro atoms. The van der Waals surface area contributed by atoms with E-state index in [1.165, 1.54) is 10.6 Å². The van der Waals surface area contributed by atoms with Crippen molar-refractivity contribution in [3.05, 3.63) is 29.3 Å². The van der Waals surface area contributed by atoms with Gasteiger partial charge in [-0.1, -0.05) is 17.7 Å². The molecule has 0 amide bonds. The molecule has 6 heteroatoms. The largest absolute Gasteiger partial charge is 0.368 e. The molecule has 2 N–H and O–H groups in total. The van der Waals surface area contributed by atoms with E-state index in [1.807, 2.05) is 18.2 Å². The lowest BCUT2D eigenvalue weighted by molar-refractivity contribution is -0.858. The van der Waals surface area contributed by atoms with E-state index in [0.717, 1.165) is 55.8 Å². The molecule has 0 saturated carbocycles. The van der Waals surface area contributed by atoms with E-state index < -0.39 is 0 Å². The van der Waals surface area contributed by atoms with Gasteiger partial charge in [0.1, 0.15) is 0 Å². The Balaban J connectivity index is 1.73. The maximum Gasteiger partial charge on any atom is 0.169 e. The van der Waals surface area contributed by atoms with Gasteiger partial charge in [0.25, 0.3) is 0 Å². The Labute approximate surface area is 144 Å². The summed E-state index contributed by atoms with van der Waals surface area (Å²) in [4.78, 5) is 6.10. The third kappa shape index (κ3) is 5.30. The predicted octanol–water partition coefficient (Wildman–Crippen LogP) is 0.871. The zero-order valence-electron chi connectivity index (χ0n) is 13.4. The van der Waals surface area contributed by atoms with Gasteiger partial charge in [0.2, 0.25) is 0 Å². The van der Waals surface area contributed by atoms with Crippen LogP contribution in [0.2, 0.25) is 5.02 Å². The van der Waals surface area contributed by atoms with Gasteiger partial charge in [-0.25, -0.2) is 0 Å². The van der Waals surface area contributed by atoms with Crippen molar-refractivity contribution in [3.8, 4) is 0 Å². The smallest absolute Gasteiger partial charge is 0.169 e. The first kappa shape index (κ1) is 17.3. The summed E-state index contributed by atoms with van der Waals surface area (Å²) in [7, 11) is 4.35. The number of piperazine rings is 1. The molecule has 22 heavy (non-hydrogen) atoms. The van der Waals surface area contributed by atoms with Crippen LogP contribution in [0.5, 0.6) is 0 Å².